The van der Waals surface area contributed by atoms with Gasteiger partial charge in [0, 0.05) is 10.1 Å². The third-order valence-electron chi connectivity index (χ3n) is 5.48. The molecule has 174 valence electrons. The van der Waals surface area contributed by atoms with E-state index in [0.717, 1.165) is 29.7 Å². The third-order valence-corrected chi connectivity index (χ3v) is 8.65. The van der Waals surface area contributed by atoms with Crippen molar-refractivity contribution in [3.05, 3.63) is 81.1 Å². The topological polar surface area (TPSA) is 38.8 Å². The fraction of sp³-hybridized carbons (Fsp3) is 0.462. The zero-order valence-corrected chi connectivity index (χ0v) is 22.4. The fourth-order valence-electron chi connectivity index (χ4n) is 3.73. The quantitative estimate of drug-likeness (QED) is 0.330. The molecule has 32 heavy (non-hydrogen) atoms. The maximum atomic E-state index is 13.7. The molecule has 0 bridgehead atoms. The van der Waals surface area contributed by atoms with E-state index < -0.39 is 11.0 Å². The lowest BCUT2D eigenvalue weighted by Crippen LogP contribution is -2.52. The zero-order chi connectivity index (χ0) is 23.1. The first kappa shape index (κ1) is 25.4. The van der Waals surface area contributed by atoms with Crippen LogP contribution in [0, 0.1) is 0 Å². The molecule has 2 aromatic rings. The summed E-state index contributed by atoms with van der Waals surface area (Å²) in [5, 5.41) is 0. The van der Waals surface area contributed by atoms with Gasteiger partial charge in [-0.15, -0.1) is 0 Å². The van der Waals surface area contributed by atoms with Crippen molar-refractivity contribution in [3.8, 4) is 0 Å². The summed E-state index contributed by atoms with van der Waals surface area (Å²) >= 11 is 2.36. The van der Waals surface area contributed by atoms with Crippen LogP contribution in [0.5, 0.6) is 0 Å². The summed E-state index contributed by atoms with van der Waals surface area (Å²) in [7, 11) is -1.22. The molecule has 0 saturated heterocycles. The van der Waals surface area contributed by atoms with Crippen molar-refractivity contribution < 1.29 is 13.7 Å². The van der Waals surface area contributed by atoms with Crippen LogP contribution in [0.15, 0.2) is 70.0 Å². The second kappa shape index (κ2) is 11.8. The van der Waals surface area contributed by atoms with E-state index in [1.54, 1.807) is 0 Å². The van der Waals surface area contributed by atoms with Gasteiger partial charge in [-0.3, -0.25) is 0 Å². The average molecular weight is 568 g/mol. The molecule has 3 rings (SSSR count). The second-order valence-corrected chi connectivity index (χ2v) is 12.6. The van der Waals surface area contributed by atoms with Crippen LogP contribution in [-0.2, 0) is 33.6 Å². The van der Waals surface area contributed by atoms with Crippen LogP contribution in [-0.4, -0.2) is 32.0 Å². The molecule has 0 amide bonds. The fourth-order valence-corrected chi connectivity index (χ4v) is 5.58. The Kier molecular flexibility index (Phi) is 9.34. The molecule has 0 fully saturated rings. The van der Waals surface area contributed by atoms with Gasteiger partial charge in [0.25, 0.3) is 0 Å². The van der Waals surface area contributed by atoms with Crippen molar-refractivity contribution in [2.45, 2.75) is 70.6 Å². The van der Waals surface area contributed by atoms with Gasteiger partial charge in [-0.05, 0) is 74.3 Å². The van der Waals surface area contributed by atoms with Gasteiger partial charge in [-0.2, -0.15) is 0 Å². The minimum Gasteiger partial charge on any atom is -0.493 e. The lowest BCUT2D eigenvalue weighted by Gasteiger charge is -2.40. The lowest BCUT2D eigenvalue weighted by molar-refractivity contribution is -0.0128. The molecule has 0 saturated carbocycles. The van der Waals surface area contributed by atoms with Crippen LogP contribution in [0.1, 0.15) is 51.7 Å². The molecule has 0 aliphatic carbocycles. The van der Waals surface area contributed by atoms with Crippen LogP contribution in [0.4, 0.5) is 0 Å². The van der Waals surface area contributed by atoms with Gasteiger partial charge in [0.15, 0.2) is 0 Å². The first-order chi connectivity index (χ1) is 15.3. The van der Waals surface area contributed by atoms with Crippen molar-refractivity contribution in [2.75, 3.05) is 6.61 Å². The van der Waals surface area contributed by atoms with Crippen LogP contribution in [0.3, 0.4) is 0 Å². The molecule has 1 aliphatic rings. The summed E-state index contributed by atoms with van der Waals surface area (Å²) in [6, 6.07) is 20.3. The Morgan fingerprint density at radius 3 is 2.25 bits per heavy atom. The molecule has 0 spiro atoms. The highest BCUT2D eigenvalue weighted by Crippen LogP contribution is 2.33. The molecule has 2 aromatic carbocycles. The van der Waals surface area contributed by atoms with Crippen LogP contribution in [0.25, 0.3) is 0 Å². The van der Waals surface area contributed by atoms with Crippen molar-refractivity contribution >= 4 is 33.6 Å². The first-order valence-electron chi connectivity index (χ1n) is 11.1. The standard InChI is InChI=1S/C26H34INO3S/c1-20-23(27)15-16-25(31-20)24(19-30-18-22-13-9-6-10-14-22)28(32(29)26(2,3)4)17-21-11-7-5-8-12-21/h5-14,24-25H,15-19H2,1-4H3/t24-,25-,32-/m0/s1. The zero-order valence-electron chi connectivity index (χ0n) is 19.4. The highest BCUT2D eigenvalue weighted by molar-refractivity contribution is 14.1. The number of ether oxygens (including phenoxy) is 2. The smallest absolute Gasteiger partial charge is 0.117 e. The minimum absolute atomic E-state index is 0.0701. The van der Waals surface area contributed by atoms with Crippen LogP contribution in [0.2, 0.25) is 0 Å². The van der Waals surface area contributed by atoms with Gasteiger partial charge in [0.2, 0.25) is 0 Å². The summed E-state index contributed by atoms with van der Waals surface area (Å²) < 4.78 is 29.3. The Hall–Kier alpha value is -1.22. The maximum absolute atomic E-state index is 13.7. The van der Waals surface area contributed by atoms with Crippen molar-refractivity contribution in [1.82, 2.24) is 4.31 Å². The van der Waals surface area contributed by atoms with E-state index in [1.807, 2.05) is 64.1 Å². The highest BCUT2D eigenvalue weighted by atomic mass is 127. The second-order valence-electron chi connectivity index (χ2n) is 9.15. The van der Waals surface area contributed by atoms with Crippen molar-refractivity contribution in [1.29, 1.82) is 0 Å². The number of allylic oxidation sites excluding steroid dienone is 2. The molecular formula is C26H34INO3S. The predicted octanol–water partition coefficient (Wildman–Crippen LogP) is 6.38. The molecule has 0 N–H and O–H groups in total. The Bertz CT molecular complexity index is 912. The van der Waals surface area contributed by atoms with Crippen LogP contribution < -0.4 is 0 Å². The van der Waals surface area contributed by atoms with Crippen molar-refractivity contribution in [3.63, 3.8) is 0 Å². The average Bonchev–Trinajstić information content (AvgIpc) is 2.78. The summed E-state index contributed by atoms with van der Waals surface area (Å²) in [4.78, 5) is 0. The molecule has 1 aliphatic heterocycles. The highest BCUT2D eigenvalue weighted by Gasteiger charge is 2.38. The number of nitrogens with zero attached hydrogens (tertiary/aromatic N) is 1. The number of hydrogen-bond donors (Lipinski definition) is 0. The number of benzene rings is 2. The van der Waals surface area contributed by atoms with E-state index >= 15 is 0 Å². The largest absolute Gasteiger partial charge is 0.493 e. The summed E-state index contributed by atoms with van der Waals surface area (Å²) in [5.41, 5.74) is 2.27. The van der Waals surface area contributed by atoms with Gasteiger partial charge in [0.05, 0.1) is 24.0 Å². The normalized spacial score (nSPS) is 19.0. The summed E-state index contributed by atoms with van der Waals surface area (Å²) in [5.74, 6) is 0.969. The SMILES string of the molecule is CC1=C(I)CC[C@@H]([C@H](COCc2ccccc2)N(Cc2ccccc2)[S@@](=O)C(C)(C)C)O1. The molecule has 3 atom stereocenters. The van der Waals surface area contributed by atoms with E-state index in [0.29, 0.717) is 19.8 Å². The molecule has 4 nitrogen and oxygen atoms in total. The van der Waals surface area contributed by atoms with Gasteiger partial charge >= 0.3 is 0 Å². The van der Waals surface area contributed by atoms with Gasteiger partial charge in [-0.1, -0.05) is 60.7 Å². The minimum atomic E-state index is -1.22. The molecule has 0 radical (unpaired) electrons. The van der Waals surface area contributed by atoms with E-state index in [1.165, 1.54) is 3.58 Å². The molecule has 1 heterocycles. The molecule has 6 heteroatoms. The molecule has 0 unspecified atom stereocenters. The number of rotatable bonds is 9. The van der Waals surface area contributed by atoms with Gasteiger partial charge in [-0.25, -0.2) is 8.51 Å². The maximum Gasteiger partial charge on any atom is 0.117 e. The van der Waals surface area contributed by atoms with E-state index in [4.69, 9.17) is 9.47 Å². The van der Waals surface area contributed by atoms with E-state index in [-0.39, 0.29) is 16.9 Å². The lowest BCUT2D eigenvalue weighted by atomic mass is 10.0. The number of hydrogen-bond acceptors (Lipinski definition) is 3. The Morgan fingerprint density at radius 1 is 1.09 bits per heavy atom. The Labute approximate surface area is 209 Å². The van der Waals surface area contributed by atoms with Crippen LogP contribution >= 0.6 is 22.6 Å². The first-order valence-corrected chi connectivity index (χ1v) is 13.3. The van der Waals surface area contributed by atoms with E-state index in [2.05, 4.69) is 51.2 Å². The molecular weight excluding hydrogens is 533 g/mol. The number of halogens is 1. The third kappa shape index (κ3) is 7.14. The monoisotopic (exact) mass is 567 g/mol. The Balaban J connectivity index is 1.87. The van der Waals surface area contributed by atoms with E-state index in [9.17, 15) is 4.21 Å². The van der Waals surface area contributed by atoms with Crippen molar-refractivity contribution in [2.24, 2.45) is 0 Å². The summed E-state index contributed by atoms with van der Waals surface area (Å²) in [6.45, 7) is 9.67. The predicted molar refractivity (Wildman–Crippen MR) is 141 cm³/mol. The summed E-state index contributed by atoms with van der Waals surface area (Å²) in [6.07, 6.45) is 1.80. The van der Waals surface area contributed by atoms with Gasteiger partial charge < -0.3 is 9.47 Å². The Morgan fingerprint density at radius 2 is 1.69 bits per heavy atom. The molecule has 0 aromatic heterocycles. The van der Waals surface area contributed by atoms with Gasteiger partial charge in [0.1, 0.15) is 22.8 Å².